The highest BCUT2D eigenvalue weighted by Crippen LogP contribution is 2.47. The van der Waals surface area contributed by atoms with Gasteiger partial charge in [-0.15, -0.1) is 10.2 Å². The second-order valence-electron chi connectivity index (χ2n) is 6.82. The van der Waals surface area contributed by atoms with E-state index in [9.17, 15) is 4.79 Å². The Morgan fingerprint density at radius 2 is 2.04 bits per heavy atom. The van der Waals surface area contributed by atoms with E-state index in [-0.39, 0.29) is 5.91 Å². The Bertz CT molecular complexity index is 682. The number of nitrogens with zero attached hydrogens (tertiary/aromatic N) is 3. The number of fused-ring (bicyclic) bond motifs is 1. The number of benzene rings is 1. The molecule has 2 aliphatic rings. The maximum absolute atomic E-state index is 12.5. The molecule has 1 aromatic carbocycles. The van der Waals surface area contributed by atoms with E-state index in [1.807, 2.05) is 24.3 Å². The Morgan fingerprint density at radius 1 is 1.17 bits per heavy atom. The van der Waals surface area contributed by atoms with Gasteiger partial charge in [0.15, 0.2) is 0 Å². The van der Waals surface area contributed by atoms with Crippen LogP contribution in [0.2, 0.25) is 0 Å². The first-order valence-corrected chi connectivity index (χ1v) is 8.54. The van der Waals surface area contributed by atoms with Gasteiger partial charge in [-0.2, -0.15) is 0 Å². The standard InChI is InChI=1S/C18H22N4O/c23-18(19-10-15-8-7-13-3-2-6-17(13)15)14-4-1-5-16(9-14)22-11-20-21-12-22/h1,4-5,9,11-13,15,17H,2-3,6-8,10H2,(H,19,23)/t13-,15+,17-/m0/s1. The lowest BCUT2D eigenvalue weighted by atomic mass is 9.92. The van der Waals surface area contributed by atoms with E-state index < -0.39 is 0 Å². The van der Waals surface area contributed by atoms with Crippen LogP contribution in [0.4, 0.5) is 0 Å². The Balaban J connectivity index is 1.40. The van der Waals surface area contributed by atoms with E-state index in [2.05, 4.69) is 15.5 Å². The maximum atomic E-state index is 12.5. The third kappa shape index (κ3) is 2.87. The molecule has 2 fully saturated rings. The lowest BCUT2D eigenvalue weighted by Crippen LogP contribution is -2.31. The molecule has 3 atom stereocenters. The van der Waals surface area contributed by atoms with Crippen molar-refractivity contribution in [2.24, 2.45) is 17.8 Å². The molecule has 0 unspecified atom stereocenters. The molecule has 2 aromatic rings. The Labute approximate surface area is 136 Å². The zero-order chi connectivity index (χ0) is 15.6. The van der Waals surface area contributed by atoms with Gasteiger partial charge in [-0.05, 0) is 55.2 Å². The summed E-state index contributed by atoms with van der Waals surface area (Å²) in [5.74, 6) is 2.46. The Kier molecular flexibility index (Phi) is 3.85. The number of carbonyl (C=O) groups excluding carboxylic acids is 1. The molecule has 5 nitrogen and oxygen atoms in total. The second kappa shape index (κ2) is 6.14. The van der Waals surface area contributed by atoms with Crippen molar-refractivity contribution in [3.63, 3.8) is 0 Å². The van der Waals surface area contributed by atoms with Crippen molar-refractivity contribution in [3.05, 3.63) is 42.5 Å². The molecule has 1 aromatic heterocycles. The van der Waals surface area contributed by atoms with E-state index >= 15 is 0 Å². The van der Waals surface area contributed by atoms with Crippen LogP contribution in [0.5, 0.6) is 0 Å². The molecule has 4 rings (SSSR count). The number of carbonyl (C=O) groups is 1. The van der Waals surface area contributed by atoms with Gasteiger partial charge in [-0.25, -0.2) is 0 Å². The highest BCUT2D eigenvalue weighted by atomic mass is 16.1. The summed E-state index contributed by atoms with van der Waals surface area (Å²) >= 11 is 0. The van der Waals surface area contributed by atoms with E-state index in [1.165, 1.54) is 32.1 Å². The molecule has 23 heavy (non-hydrogen) atoms. The van der Waals surface area contributed by atoms with Gasteiger partial charge in [0.1, 0.15) is 12.7 Å². The third-order valence-corrected chi connectivity index (χ3v) is 5.58. The average Bonchev–Trinajstić information content (AvgIpc) is 3.30. The summed E-state index contributed by atoms with van der Waals surface area (Å²) in [4.78, 5) is 12.5. The zero-order valence-corrected chi connectivity index (χ0v) is 13.2. The van der Waals surface area contributed by atoms with Crippen molar-refractivity contribution in [2.45, 2.75) is 32.1 Å². The van der Waals surface area contributed by atoms with Crippen LogP contribution >= 0.6 is 0 Å². The zero-order valence-electron chi connectivity index (χ0n) is 13.2. The fourth-order valence-electron chi connectivity index (χ4n) is 4.41. The van der Waals surface area contributed by atoms with Crippen LogP contribution in [-0.2, 0) is 0 Å². The average molecular weight is 310 g/mol. The van der Waals surface area contributed by atoms with Crippen LogP contribution < -0.4 is 5.32 Å². The Hall–Kier alpha value is -2.17. The van der Waals surface area contributed by atoms with Crippen molar-refractivity contribution in [1.82, 2.24) is 20.1 Å². The third-order valence-electron chi connectivity index (χ3n) is 5.58. The van der Waals surface area contributed by atoms with Crippen LogP contribution in [0, 0.1) is 17.8 Å². The molecule has 1 amide bonds. The largest absolute Gasteiger partial charge is 0.352 e. The Morgan fingerprint density at radius 3 is 2.91 bits per heavy atom. The van der Waals surface area contributed by atoms with Gasteiger partial charge >= 0.3 is 0 Å². The summed E-state index contributed by atoms with van der Waals surface area (Å²) in [7, 11) is 0. The van der Waals surface area contributed by atoms with Crippen molar-refractivity contribution in [1.29, 1.82) is 0 Å². The molecule has 0 spiro atoms. The summed E-state index contributed by atoms with van der Waals surface area (Å²) in [5.41, 5.74) is 1.59. The molecule has 120 valence electrons. The topological polar surface area (TPSA) is 59.8 Å². The molecule has 0 saturated heterocycles. The summed E-state index contributed by atoms with van der Waals surface area (Å²) in [6.07, 6.45) is 10.0. The predicted octanol–water partition coefficient (Wildman–Crippen LogP) is 2.82. The number of hydrogen-bond donors (Lipinski definition) is 1. The van der Waals surface area contributed by atoms with Crippen LogP contribution in [0.15, 0.2) is 36.9 Å². The minimum absolute atomic E-state index is 0.0152. The fourth-order valence-corrected chi connectivity index (χ4v) is 4.41. The first kappa shape index (κ1) is 14.4. The van der Waals surface area contributed by atoms with Gasteiger partial charge in [0.2, 0.25) is 0 Å². The van der Waals surface area contributed by atoms with Gasteiger partial charge in [0.05, 0.1) is 0 Å². The van der Waals surface area contributed by atoms with Crippen LogP contribution in [0.1, 0.15) is 42.5 Å². The van der Waals surface area contributed by atoms with Crippen LogP contribution in [0.25, 0.3) is 5.69 Å². The van der Waals surface area contributed by atoms with Crippen LogP contribution in [-0.4, -0.2) is 27.2 Å². The van der Waals surface area contributed by atoms with Crippen LogP contribution in [0.3, 0.4) is 0 Å². The summed E-state index contributed by atoms with van der Waals surface area (Å²) in [6.45, 7) is 0.816. The minimum atomic E-state index is 0.0152. The van der Waals surface area contributed by atoms with Crippen molar-refractivity contribution in [3.8, 4) is 5.69 Å². The highest BCUT2D eigenvalue weighted by molar-refractivity contribution is 5.94. The van der Waals surface area contributed by atoms with Gasteiger partial charge in [0.25, 0.3) is 5.91 Å². The SMILES string of the molecule is O=C(NC[C@H]1CC[C@@H]2CCC[C@@H]21)c1cccc(-n2cnnc2)c1. The number of aromatic nitrogens is 3. The number of nitrogens with one attached hydrogen (secondary N) is 1. The quantitative estimate of drug-likeness (QED) is 0.944. The highest BCUT2D eigenvalue weighted by Gasteiger charge is 2.38. The second-order valence-corrected chi connectivity index (χ2v) is 6.82. The summed E-state index contributed by atoms with van der Waals surface area (Å²) < 4.78 is 1.80. The van der Waals surface area contributed by atoms with E-state index in [0.717, 1.165) is 24.1 Å². The van der Waals surface area contributed by atoms with Crippen molar-refractivity contribution >= 4 is 5.91 Å². The molecular weight excluding hydrogens is 288 g/mol. The van der Waals surface area contributed by atoms with Gasteiger partial charge in [-0.1, -0.05) is 18.9 Å². The molecule has 1 N–H and O–H groups in total. The predicted molar refractivity (Wildman–Crippen MR) is 87.2 cm³/mol. The summed E-state index contributed by atoms with van der Waals surface area (Å²) in [6, 6.07) is 7.58. The number of rotatable bonds is 4. The van der Waals surface area contributed by atoms with Gasteiger partial charge in [0, 0.05) is 17.8 Å². The monoisotopic (exact) mass is 310 g/mol. The molecule has 2 aliphatic carbocycles. The molecule has 1 heterocycles. The molecule has 0 radical (unpaired) electrons. The van der Waals surface area contributed by atoms with Crippen molar-refractivity contribution in [2.75, 3.05) is 6.54 Å². The van der Waals surface area contributed by atoms with E-state index in [0.29, 0.717) is 11.5 Å². The smallest absolute Gasteiger partial charge is 0.251 e. The number of amides is 1. The van der Waals surface area contributed by atoms with Crippen molar-refractivity contribution < 1.29 is 4.79 Å². The summed E-state index contributed by atoms with van der Waals surface area (Å²) in [5, 5.41) is 10.8. The lowest BCUT2D eigenvalue weighted by molar-refractivity contribution is 0.0943. The maximum Gasteiger partial charge on any atom is 0.251 e. The first-order valence-electron chi connectivity index (χ1n) is 8.54. The van der Waals surface area contributed by atoms with E-state index in [1.54, 1.807) is 17.2 Å². The minimum Gasteiger partial charge on any atom is -0.352 e. The molecule has 2 saturated carbocycles. The van der Waals surface area contributed by atoms with E-state index in [4.69, 9.17) is 0 Å². The molecular formula is C18H22N4O. The molecule has 0 bridgehead atoms. The molecule has 0 aliphatic heterocycles. The number of hydrogen-bond acceptors (Lipinski definition) is 3. The fraction of sp³-hybridized carbons (Fsp3) is 0.500. The first-order chi connectivity index (χ1) is 11.3. The van der Waals surface area contributed by atoms with Gasteiger partial charge in [-0.3, -0.25) is 9.36 Å². The lowest BCUT2D eigenvalue weighted by Gasteiger charge is -2.19. The normalized spacial score (nSPS) is 26.2. The molecule has 5 heteroatoms. The van der Waals surface area contributed by atoms with Gasteiger partial charge < -0.3 is 5.32 Å².